The van der Waals surface area contributed by atoms with Crippen molar-refractivity contribution in [3.05, 3.63) is 0 Å². The van der Waals surface area contributed by atoms with Crippen molar-refractivity contribution in [2.75, 3.05) is 19.5 Å². The number of ether oxygens (including phenoxy) is 2. The number of rotatable bonds is 2. The third kappa shape index (κ3) is 1.18. The largest absolute Gasteiger partial charge is 0.352 e. The smallest absolute Gasteiger partial charge is 0.165 e. The minimum Gasteiger partial charge on any atom is -0.352 e. The van der Waals surface area contributed by atoms with Crippen LogP contribution in [0.15, 0.2) is 0 Å². The Balaban J connectivity index is 2.07. The predicted molar refractivity (Wildman–Crippen MR) is 46.8 cm³/mol. The molecule has 3 atom stereocenters. The fourth-order valence-electron chi connectivity index (χ4n) is 1.86. The predicted octanol–water partition coefficient (Wildman–Crippen LogP) is 1.43. The van der Waals surface area contributed by atoms with Crippen molar-refractivity contribution in [3.8, 4) is 0 Å². The molecular formula is C8H14O3S. The fourth-order valence-corrected chi connectivity index (χ4v) is 2.37. The molecule has 0 aromatic carbocycles. The van der Waals surface area contributed by atoms with Crippen molar-refractivity contribution in [2.24, 2.45) is 5.41 Å². The molecule has 0 unspecified atom stereocenters. The summed E-state index contributed by atoms with van der Waals surface area (Å²) in [5.41, 5.74) is 0.0863. The van der Waals surface area contributed by atoms with E-state index in [1.807, 2.05) is 6.26 Å². The average Bonchev–Trinajstić information content (AvgIpc) is 2.51. The molecule has 0 saturated carbocycles. The van der Waals surface area contributed by atoms with Gasteiger partial charge in [0.2, 0.25) is 0 Å². The first kappa shape index (κ1) is 8.81. The molecule has 70 valence electrons. The van der Waals surface area contributed by atoms with Crippen LogP contribution in [0.1, 0.15) is 13.3 Å². The van der Waals surface area contributed by atoms with Crippen molar-refractivity contribution >= 4 is 12.0 Å². The third-order valence-electron chi connectivity index (χ3n) is 2.80. The molecule has 0 bridgehead atoms. The van der Waals surface area contributed by atoms with Crippen molar-refractivity contribution in [2.45, 2.75) is 25.7 Å². The van der Waals surface area contributed by atoms with Crippen LogP contribution < -0.4 is 0 Å². The lowest BCUT2D eigenvalue weighted by Gasteiger charge is -2.25. The molecule has 4 heteroatoms. The van der Waals surface area contributed by atoms with E-state index in [1.165, 1.54) is 12.0 Å². The Kier molecular flexibility index (Phi) is 2.33. The van der Waals surface area contributed by atoms with Gasteiger partial charge in [0, 0.05) is 6.26 Å². The maximum Gasteiger partial charge on any atom is 0.165 e. The Labute approximate surface area is 77.0 Å². The van der Waals surface area contributed by atoms with Crippen LogP contribution in [0.3, 0.4) is 0 Å². The van der Waals surface area contributed by atoms with Gasteiger partial charge in [-0.2, -0.15) is 0 Å². The van der Waals surface area contributed by atoms with E-state index in [0.717, 1.165) is 13.0 Å². The zero-order valence-electron chi connectivity index (χ0n) is 7.41. The van der Waals surface area contributed by atoms with Crippen molar-refractivity contribution in [3.63, 3.8) is 0 Å². The molecule has 0 amide bonds. The molecule has 12 heavy (non-hydrogen) atoms. The van der Waals surface area contributed by atoms with E-state index in [2.05, 4.69) is 6.92 Å². The zero-order valence-corrected chi connectivity index (χ0v) is 8.23. The van der Waals surface area contributed by atoms with E-state index in [0.29, 0.717) is 6.61 Å². The summed E-state index contributed by atoms with van der Waals surface area (Å²) < 4.78 is 16.5. The number of fused-ring (bicyclic) bond motifs is 1. The molecule has 2 saturated heterocycles. The highest BCUT2D eigenvalue weighted by Gasteiger charge is 2.53. The Hall–Kier alpha value is 0.230. The summed E-state index contributed by atoms with van der Waals surface area (Å²) in [6.07, 6.45) is 3.14. The Morgan fingerprint density at radius 1 is 1.50 bits per heavy atom. The molecule has 2 fully saturated rings. The SMILES string of the molecule is CSO[C@H]1CO[C@H]2OCC[C@]21C. The summed E-state index contributed by atoms with van der Waals surface area (Å²) in [5, 5.41) is 0. The molecule has 0 radical (unpaired) electrons. The Bertz CT molecular complexity index is 174. The highest BCUT2D eigenvalue weighted by Crippen LogP contribution is 2.45. The monoisotopic (exact) mass is 190 g/mol. The van der Waals surface area contributed by atoms with Gasteiger partial charge in [-0.05, 0) is 18.5 Å². The van der Waals surface area contributed by atoms with Gasteiger partial charge in [0.15, 0.2) is 6.29 Å². The molecular weight excluding hydrogens is 176 g/mol. The molecule has 3 nitrogen and oxygen atoms in total. The van der Waals surface area contributed by atoms with Gasteiger partial charge in [0.25, 0.3) is 0 Å². The summed E-state index contributed by atoms with van der Waals surface area (Å²) in [6, 6.07) is 0. The number of hydrogen-bond acceptors (Lipinski definition) is 4. The molecule has 2 rings (SSSR count). The quantitative estimate of drug-likeness (QED) is 0.616. The van der Waals surface area contributed by atoms with Gasteiger partial charge >= 0.3 is 0 Å². The average molecular weight is 190 g/mol. The summed E-state index contributed by atoms with van der Waals surface area (Å²) in [7, 11) is 0. The lowest BCUT2D eigenvalue weighted by atomic mass is 9.84. The summed E-state index contributed by atoms with van der Waals surface area (Å²) in [4.78, 5) is 0. The second kappa shape index (κ2) is 3.18. The van der Waals surface area contributed by atoms with Crippen LogP contribution in [0.4, 0.5) is 0 Å². The molecule has 0 aromatic rings. The van der Waals surface area contributed by atoms with E-state index in [1.54, 1.807) is 0 Å². The van der Waals surface area contributed by atoms with Crippen LogP contribution in [0, 0.1) is 5.41 Å². The van der Waals surface area contributed by atoms with Gasteiger partial charge in [-0.3, -0.25) is 0 Å². The molecule has 2 aliphatic heterocycles. The van der Waals surface area contributed by atoms with Gasteiger partial charge in [0.05, 0.1) is 18.6 Å². The summed E-state index contributed by atoms with van der Waals surface area (Å²) in [5.74, 6) is 0. The second-order valence-corrected chi connectivity index (χ2v) is 4.07. The molecule has 2 heterocycles. The molecule has 0 aliphatic carbocycles. The van der Waals surface area contributed by atoms with Gasteiger partial charge in [-0.25, -0.2) is 0 Å². The van der Waals surface area contributed by atoms with Crippen LogP contribution in [0.25, 0.3) is 0 Å². The van der Waals surface area contributed by atoms with E-state index < -0.39 is 0 Å². The van der Waals surface area contributed by atoms with Crippen LogP contribution in [0.5, 0.6) is 0 Å². The summed E-state index contributed by atoms with van der Waals surface area (Å²) >= 11 is 1.41. The first-order valence-electron chi connectivity index (χ1n) is 4.20. The Morgan fingerprint density at radius 3 is 3.08 bits per heavy atom. The van der Waals surface area contributed by atoms with E-state index in [-0.39, 0.29) is 17.8 Å². The number of hydrogen-bond donors (Lipinski definition) is 0. The van der Waals surface area contributed by atoms with E-state index in [4.69, 9.17) is 13.7 Å². The van der Waals surface area contributed by atoms with Crippen molar-refractivity contribution in [1.29, 1.82) is 0 Å². The van der Waals surface area contributed by atoms with Crippen molar-refractivity contribution in [1.82, 2.24) is 0 Å². The lowest BCUT2D eigenvalue weighted by Crippen LogP contribution is -2.33. The highest BCUT2D eigenvalue weighted by molar-refractivity contribution is 7.93. The maximum atomic E-state index is 5.53. The van der Waals surface area contributed by atoms with Crippen LogP contribution in [-0.2, 0) is 13.7 Å². The first-order valence-corrected chi connectivity index (χ1v) is 5.35. The highest BCUT2D eigenvalue weighted by atomic mass is 32.2. The Morgan fingerprint density at radius 2 is 2.33 bits per heavy atom. The standard InChI is InChI=1S/C8H14O3S/c1-8-3-4-9-7(8)10-5-6(8)11-12-2/h6-7H,3-5H2,1-2H3/t6-,7+,8-/m0/s1. The zero-order chi connectivity index (χ0) is 8.60. The van der Waals surface area contributed by atoms with Gasteiger partial charge in [0.1, 0.15) is 6.10 Å². The molecule has 0 N–H and O–H groups in total. The van der Waals surface area contributed by atoms with Crippen molar-refractivity contribution < 1.29 is 13.7 Å². The van der Waals surface area contributed by atoms with Crippen LogP contribution in [-0.4, -0.2) is 31.9 Å². The summed E-state index contributed by atoms with van der Waals surface area (Å²) in [6.45, 7) is 3.65. The normalized spacial score (nSPS) is 46.5. The van der Waals surface area contributed by atoms with E-state index >= 15 is 0 Å². The lowest BCUT2D eigenvalue weighted by molar-refractivity contribution is -0.107. The minimum atomic E-state index is -0.0327. The van der Waals surface area contributed by atoms with E-state index in [9.17, 15) is 0 Å². The fraction of sp³-hybridized carbons (Fsp3) is 1.00. The van der Waals surface area contributed by atoms with Gasteiger partial charge in [-0.1, -0.05) is 6.92 Å². The molecule has 0 spiro atoms. The molecule has 0 aromatic heterocycles. The maximum absolute atomic E-state index is 5.53. The first-order chi connectivity index (χ1) is 5.77. The van der Waals surface area contributed by atoms with Crippen LogP contribution in [0.2, 0.25) is 0 Å². The molecule has 2 aliphatic rings. The van der Waals surface area contributed by atoms with Gasteiger partial charge in [-0.15, -0.1) is 0 Å². The van der Waals surface area contributed by atoms with Crippen LogP contribution >= 0.6 is 12.0 Å². The minimum absolute atomic E-state index is 0.0327. The second-order valence-electron chi connectivity index (χ2n) is 3.54. The third-order valence-corrected chi connectivity index (χ3v) is 3.22. The van der Waals surface area contributed by atoms with Gasteiger partial charge < -0.3 is 13.7 Å². The topological polar surface area (TPSA) is 27.7 Å².